The first-order valence-corrected chi connectivity index (χ1v) is 4.08. The van der Waals surface area contributed by atoms with Crippen molar-refractivity contribution in [1.82, 2.24) is 9.78 Å². The van der Waals surface area contributed by atoms with Crippen molar-refractivity contribution in [2.75, 3.05) is 5.73 Å². The summed E-state index contributed by atoms with van der Waals surface area (Å²) in [5.74, 6) is 0.678. The van der Waals surface area contributed by atoms with Gasteiger partial charge in [0, 0.05) is 11.8 Å². The number of aryl methyl sites for hydroxylation is 1. The van der Waals surface area contributed by atoms with Crippen molar-refractivity contribution < 1.29 is 0 Å². The van der Waals surface area contributed by atoms with Crippen LogP contribution < -0.4 is 5.73 Å². The summed E-state index contributed by atoms with van der Waals surface area (Å²) in [5.41, 5.74) is 6.72. The Kier molecular flexibility index (Phi) is 1.37. The molecule has 0 amide bonds. The molecule has 0 unspecified atom stereocenters. The van der Waals surface area contributed by atoms with E-state index in [1.165, 1.54) is 19.3 Å². The van der Waals surface area contributed by atoms with Crippen molar-refractivity contribution in [3.63, 3.8) is 0 Å². The molecular weight excluding hydrogens is 138 g/mol. The molecule has 1 aliphatic carbocycles. The zero-order chi connectivity index (χ0) is 7.84. The predicted octanol–water partition coefficient (Wildman–Crippen LogP) is 1.50. The third-order valence-corrected chi connectivity index (χ3v) is 2.40. The second kappa shape index (κ2) is 2.26. The quantitative estimate of drug-likeness (QED) is 0.661. The Morgan fingerprint density at radius 2 is 2.36 bits per heavy atom. The monoisotopic (exact) mass is 151 g/mol. The van der Waals surface area contributed by atoms with E-state index in [2.05, 4.69) is 5.10 Å². The first kappa shape index (κ1) is 6.70. The van der Waals surface area contributed by atoms with Crippen LogP contribution in [0.4, 0.5) is 5.82 Å². The van der Waals surface area contributed by atoms with E-state index in [0.29, 0.717) is 11.9 Å². The van der Waals surface area contributed by atoms with Crippen LogP contribution in [0, 0.1) is 6.92 Å². The van der Waals surface area contributed by atoms with Gasteiger partial charge in [0.15, 0.2) is 0 Å². The van der Waals surface area contributed by atoms with Gasteiger partial charge in [-0.3, -0.25) is 4.68 Å². The summed E-state index contributed by atoms with van der Waals surface area (Å²) in [6.07, 6.45) is 5.91. The number of nitrogens with two attached hydrogens (primary N) is 1. The fourth-order valence-corrected chi connectivity index (χ4v) is 1.33. The van der Waals surface area contributed by atoms with E-state index in [-0.39, 0.29) is 0 Å². The smallest absolute Gasteiger partial charge is 0.148 e. The van der Waals surface area contributed by atoms with Crippen LogP contribution in [0.2, 0.25) is 0 Å². The van der Waals surface area contributed by atoms with Crippen LogP contribution in [0.5, 0.6) is 0 Å². The van der Waals surface area contributed by atoms with Crippen molar-refractivity contribution in [3.05, 3.63) is 11.8 Å². The number of anilines is 1. The molecule has 1 aliphatic rings. The highest BCUT2D eigenvalue weighted by atomic mass is 15.3. The Morgan fingerprint density at radius 3 is 2.73 bits per heavy atom. The highest BCUT2D eigenvalue weighted by Crippen LogP contribution is 2.31. The van der Waals surface area contributed by atoms with Gasteiger partial charge in [0.05, 0.1) is 6.04 Å². The molecule has 2 N–H and O–H groups in total. The van der Waals surface area contributed by atoms with Crippen LogP contribution in [-0.2, 0) is 0 Å². The summed E-state index contributed by atoms with van der Waals surface area (Å²) in [6.45, 7) is 2.00. The molecule has 1 saturated carbocycles. The molecule has 0 aromatic carbocycles. The lowest BCUT2D eigenvalue weighted by Gasteiger charge is -2.25. The molecule has 1 aromatic heterocycles. The van der Waals surface area contributed by atoms with Gasteiger partial charge in [-0.1, -0.05) is 0 Å². The molecular formula is C8H13N3. The SMILES string of the molecule is Cc1cn(C2CCC2)nc1N. The van der Waals surface area contributed by atoms with Gasteiger partial charge in [0.1, 0.15) is 5.82 Å². The normalized spacial score (nSPS) is 18.3. The second-order valence-electron chi connectivity index (χ2n) is 3.26. The lowest BCUT2D eigenvalue weighted by Crippen LogP contribution is -2.17. The summed E-state index contributed by atoms with van der Waals surface area (Å²) in [7, 11) is 0. The molecule has 1 fully saturated rings. The third-order valence-electron chi connectivity index (χ3n) is 2.40. The van der Waals surface area contributed by atoms with Gasteiger partial charge in [-0.05, 0) is 26.2 Å². The maximum atomic E-state index is 5.63. The van der Waals surface area contributed by atoms with Gasteiger partial charge in [0.2, 0.25) is 0 Å². The molecule has 0 aliphatic heterocycles. The van der Waals surface area contributed by atoms with Crippen molar-refractivity contribution in [2.45, 2.75) is 32.2 Å². The third kappa shape index (κ3) is 1.00. The van der Waals surface area contributed by atoms with Gasteiger partial charge in [0.25, 0.3) is 0 Å². The van der Waals surface area contributed by atoms with Gasteiger partial charge in [-0.15, -0.1) is 0 Å². The van der Waals surface area contributed by atoms with Crippen molar-refractivity contribution in [3.8, 4) is 0 Å². The van der Waals surface area contributed by atoms with E-state index in [1.54, 1.807) is 0 Å². The second-order valence-corrected chi connectivity index (χ2v) is 3.26. The van der Waals surface area contributed by atoms with Crippen molar-refractivity contribution >= 4 is 5.82 Å². The topological polar surface area (TPSA) is 43.8 Å². The zero-order valence-corrected chi connectivity index (χ0v) is 6.75. The fourth-order valence-electron chi connectivity index (χ4n) is 1.33. The largest absolute Gasteiger partial charge is 0.382 e. The number of hydrogen-bond donors (Lipinski definition) is 1. The number of aromatic nitrogens is 2. The molecule has 1 heterocycles. The first-order valence-electron chi connectivity index (χ1n) is 4.08. The van der Waals surface area contributed by atoms with Crippen LogP contribution >= 0.6 is 0 Å². The molecule has 2 rings (SSSR count). The average molecular weight is 151 g/mol. The zero-order valence-electron chi connectivity index (χ0n) is 6.75. The summed E-state index contributed by atoms with van der Waals surface area (Å²) in [6, 6.07) is 0.631. The molecule has 1 aromatic rings. The van der Waals surface area contributed by atoms with Gasteiger partial charge in [-0.2, -0.15) is 5.10 Å². The van der Waals surface area contributed by atoms with Crippen molar-refractivity contribution in [2.24, 2.45) is 0 Å². The number of rotatable bonds is 1. The molecule has 3 heteroatoms. The Labute approximate surface area is 66.2 Å². The van der Waals surface area contributed by atoms with Gasteiger partial charge >= 0.3 is 0 Å². The van der Waals surface area contributed by atoms with Crippen molar-refractivity contribution in [1.29, 1.82) is 0 Å². The van der Waals surface area contributed by atoms with E-state index in [4.69, 9.17) is 5.73 Å². The number of hydrogen-bond acceptors (Lipinski definition) is 2. The molecule has 0 radical (unpaired) electrons. The highest BCUT2D eigenvalue weighted by Gasteiger charge is 2.20. The molecule has 0 bridgehead atoms. The Morgan fingerprint density at radius 1 is 1.64 bits per heavy atom. The maximum Gasteiger partial charge on any atom is 0.148 e. The maximum absolute atomic E-state index is 5.63. The van der Waals surface area contributed by atoms with Crippen LogP contribution in [0.3, 0.4) is 0 Å². The summed E-state index contributed by atoms with van der Waals surface area (Å²) >= 11 is 0. The standard InChI is InChI=1S/C8H13N3/c1-6-5-11(10-8(6)9)7-3-2-4-7/h5,7H,2-4H2,1H3,(H2,9,10). The van der Waals surface area contributed by atoms with Crippen LogP contribution in [0.1, 0.15) is 30.9 Å². The molecule has 60 valence electrons. The minimum absolute atomic E-state index is 0.631. The minimum atomic E-state index is 0.631. The van der Waals surface area contributed by atoms with E-state index in [9.17, 15) is 0 Å². The summed E-state index contributed by atoms with van der Waals surface area (Å²) in [4.78, 5) is 0. The Bertz CT molecular complexity index is 241. The van der Waals surface area contributed by atoms with E-state index in [1.807, 2.05) is 17.8 Å². The van der Waals surface area contributed by atoms with Gasteiger partial charge in [-0.25, -0.2) is 0 Å². The van der Waals surface area contributed by atoms with Crippen LogP contribution in [0.25, 0.3) is 0 Å². The van der Waals surface area contributed by atoms with Crippen LogP contribution in [-0.4, -0.2) is 9.78 Å². The molecule has 0 spiro atoms. The molecule has 11 heavy (non-hydrogen) atoms. The Balaban J connectivity index is 2.24. The van der Waals surface area contributed by atoms with Gasteiger partial charge < -0.3 is 5.73 Å². The molecule has 0 saturated heterocycles. The predicted molar refractivity (Wildman–Crippen MR) is 44.3 cm³/mol. The lowest BCUT2D eigenvalue weighted by molar-refractivity contribution is 0.290. The van der Waals surface area contributed by atoms with E-state index < -0.39 is 0 Å². The fraction of sp³-hybridized carbons (Fsp3) is 0.625. The summed E-state index contributed by atoms with van der Waals surface area (Å²) in [5, 5.41) is 4.23. The highest BCUT2D eigenvalue weighted by molar-refractivity contribution is 5.35. The average Bonchev–Trinajstić information content (AvgIpc) is 2.08. The number of nitrogen functional groups attached to an aromatic ring is 1. The van der Waals surface area contributed by atoms with Crippen LogP contribution in [0.15, 0.2) is 6.20 Å². The lowest BCUT2D eigenvalue weighted by atomic mass is 9.93. The van der Waals surface area contributed by atoms with E-state index >= 15 is 0 Å². The molecule has 3 nitrogen and oxygen atoms in total. The van der Waals surface area contributed by atoms with E-state index in [0.717, 1.165) is 5.56 Å². The molecule has 0 atom stereocenters. The Hall–Kier alpha value is -0.990. The summed E-state index contributed by atoms with van der Waals surface area (Å²) < 4.78 is 2.01. The first-order chi connectivity index (χ1) is 5.27. The minimum Gasteiger partial charge on any atom is -0.382 e. The number of nitrogens with zero attached hydrogens (tertiary/aromatic N) is 2.